The summed E-state index contributed by atoms with van der Waals surface area (Å²) in [6.07, 6.45) is 4.62. The van der Waals surface area contributed by atoms with Crippen molar-refractivity contribution in [1.29, 1.82) is 0 Å². The molecule has 0 fully saturated rings. The smallest absolute Gasteiger partial charge is 0.260 e. The lowest BCUT2D eigenvalue weighted by Crippen LogP contribution is -2.33. The first-order valence-electron chi connectivity index (χ1n) is 6.41. The van der Waals surface area contributed by atoms with Gasteiger partial charge in [0.1, 0.15) is 0 Å². The summed E-state index contributed by atoms with van der Waals surface area (Å²) >= 11 is 0. The molecular weight excluding hydrogens is 276 g/mol. The van der Waals surface area contributed by atoms with Crippen molar-refractivity contribution in [2.75, 3.05) is 13.1 Å². The topological polar surface area (TPSA) is 78.1 Å². The predicted octanol–water partition coefficient (Wildman–Crippen LogP) is 1.27. The third-order valence-electron chi connectivity index (χ3n) is 2.64. The number of nitrogens with zero attached hydrogens (tertiary/aromatic N) is 2. The zero-order chi connectivity index (χ0) is 15.2. The molecule has 0 bridgehead atoms. The van der Waals surface area contributed by atoms with Crippen LogP contribution >= 0.6 is 0 Å². The molecule has 0 aliphatic rings. The molecule has 1 rings (SSSR count). The van der Waals surface area contributed by atoms with Gasteiger partial charge in [-0.2, -0.15) is 9.40 Å². The Kier molecular flexibility index (Phi) is 6.12. The van der Waals surface area contributed by atoms with E-state index in [1.54, 1.807) is 12.2 Å². The van der Waals surface area contributed by atoms with Gasteiger partial charge < -0.3 is 5.32 Å². The Labute approximate surface area is 120 Å². The lowest BCUT2D eigenvalue weighted by atomic mass is 10.3. The molecule has 1 aromatic heterocycles. The molecule has 20 heavy (non-hydrogen) atoms. The molecule has 0 amide bonds. The fraction of sp³-hybridized carbons (Fsp3) is 0.462. The molecular formula is C13H22N4O2S. The van der Waals surface area contributed by atoms with Crippen LogP contribution in [0.2, 0.25) is 0 Å². The number of hydrogen-bond acceptors (Lipinski definition) is 4. The summed E-state index contributed by atoms with van der Waals surface area (Å²) in [4.78, 5) is 0. The maximum atomic E-state index is 12.6. The van der Waals surface area contributed by atoms with Gasteiger partial charge in [0.2, 0.25) is 0 Å². The second-order valence-electron chi connectivity index (χ2n) is 4.66. The van der Waals surface area contributed by atoms with Crippen LogP contribution in [0.15, 0.2) is 36.5 Å². The maximum Gasteiger partial charge on any atom is 0.260 e. The van der Waals surface area contributed by atoms with Crippen LogP contribution in [0.4, 0.5) is 0 Å². The molecule has 112 valence electrons. The van der Waals surface area contributed by atoms with E-state index in [0.29, 0.717) is 12.1 Å². The van der Waals surface area contributed by atoms with Gasteiger partial charge in [0.05, 0.1) is 6.20 Å². The minimum atomic E-state index is -3.63. The molecule has 7 heteroatoms. The average molecular weight is 298 g/mol. The minimum Gasteiger partial charge on any atom is -0.310 e. The second-order valence-corrected chi connectivity index (χ2v) is 6.53. The van der Waals surface area contributed by atoms with Crippen LogP contribution in [0, 0.1) is 0 Å². The fourth-order valence-corrected chi connectivity index (χ4v) is 3.14. The van der Waals surface area contributed by atoms with Gasteiger partial charge >= 0.3 is 0 Å². The molecule has 0 aliphatic carbocycles. The Hall–Kier alpha value is -1.44. The molecule has 0 aromatic carbocycles. The number of aromatic amines is 1. The number of H-pyrrole nitrogens is 1. The highest BCUT2D eigenvalue weighted by Crippen LogP contribution is 2.17. The Bertz CT molecular complexity index is 538. The van der Waals surface area contributed by atoms with Crippen LogP contribution in [0.3, 0.4) is 0 Å². The summed E-state index contributed by atoms with van der Waals surface area (Å²) < 4.78 is 26.4. The molecule has 1 heterocycles. The van der Waals surface area contributed by atoms with E-state index in [1.807, 2.05) is 13.8 Å². The Morgan fingerprint density at radius 3 is 2.50 bits per heavy atom. The zero-order valence-corrected chi connectivity index (χ0v) is 12.8. The second kappa shape index (κ2) is 7.37. The Morgan fingerprint density at radius 2 is 2.00 bits per heavy atom. The number of aromatic nitrogens is 2. The van der Waals surface area contributed by atoms with Crippen LogP contribution in [0.5, 0.6) is 0 Å². The summed E-state index contributed by atoms with van der Waals surface area (Å²) in [5.41, 5.74) is 0.622. The molecule has 0 saturated carbocycles. The first-order chi connectivity index (χ1) is 9.43. The van der Waals surface area contributed by atoms with Crippen LogP contribution in [0.1, 0.15) is 19.4 Å². The van der Waals surface area contributed by atoms with E-state index in [0.717, 1.165) is 0 Å². The summed E-state index contributed by atoms with van der Waals surface area (Å²) in [6.45, 7) is 12.1. The van der Waals surface area contributed by atoms with E-state index in [9.17, 15) is 8.42 Å². The Balaban J connectivity index is 3.04. The quantitative estimate of drug-likeness (QED) is 0.673. The molecule has 0 saturated heterocycles. The Morgan fingerprint density at radius 1 is 1.40 bits per heavy atom. The van der Waals surface area contributed by atoms with Gasteiger partial charge in [-0.1, -0.05) is 26.0 Å². The highest BCUT2D eigenvalue weighted by atomic mass is 32.2. The SMILES string of the molecule is C=CCN(CC=C)S(=O)(=O)c1[nH]ncc1CNC(C)C. The molecule has 0 unspecified atom stereocenters. The largest absolute Gasteiger partial charge is 0.310 e. The van der Waals surface area contributed by atoms with E-state index >= 15 is 0 Å². The van der Waals surface area contributed by atoms with Gasteiger partial charge in [0.25, 0.3) is 10.0 Å². The van der Waals surface area contributed by atoms with E-state index in [-0.39, 0.29) is 24.2 Å². The molecule has 0 atom stereocenters. The summed E-state index contributed by atoms with van der Waals surface area (Å²) in [6, 6.07) is 0.262. The average Bonchev–Trinajstić information content (AvgIpc) is 2.85. The van der Waals surface area contributed by atoms with E-state index in [1.165, 1.54) is 10.5 Å². The third-order valence-corrected chi connectivity index (χ3v) is 4.49. The monoisotopic (exact) mass is 298 g/mol. The van der Waals surface area contributed by atoms with Crippen molar-refractivity contribution in [2.45, 2.75) is 31.5 Å². The van der Waals surface area contributed by atoms with Crippen molar-refractivity contribution in [2.24, 2.45) is 0 Å². The van der Waals surface area contributed by atoms with Crippen molar-refractivity contribution in [3.63, 3.8) is 0 Å². The summed E-state index contributed by atoms with van der Waals surface area (Å²) in [5.74, 6) is 0. The lowest BCUT2D eigenvalue weighted by molar-refractivity contribution is 0.469. The van der Waals surface area contributed by atoms with Gasteiger partial charge in [-0.3, -0.25) is 5.10 Å². The number of nitrogens with one attached hydrogen (secondary N) is 2. The highest BCUT2D eigenvalue weighted by Gasteiger charge is 2.27. The maximum absolute atomic E-state index is 12.6. The number of rotatable bonds is 9. The molecule has 2 N–H and O–H groups in total. The zero-order valence-electron chi connectivity index (χ0n) is 12.0. The summed E-state index contributed by atoms with van der Waals surface area (Å²) in [5, 5.41) is 9.73. The van der Waals surface area contributed by atoms with Gasteiger partial charge in [-0.25, -0.2) is 8.42 Å². The van der Waals surface area contributed by atoms with Gasteiger partial charge in [0.15, 0.2) is 5.03 Å². The van der Waals surface area contributed by atoms with Crippen LogP contribution in [0.25, 0.3) is 0 Å². The first kappa shape index (κ1) is 16.6. The molecule has 0 radical (unpaired) electrons. The minimum absolute atomic E-state index is 0.120. The van der Waals surface area contributed by atoms with Gasteiger partial charge in [-0.15, -0.1) is 13.2 Å². The van der Waals surface area contributed by atoms with Crippen LogP contribution in [-0.2, 0) is 16.6 Å². The van der Waals surface area contributed by atoms with Crippen molar-refractivity contribution in [3.8, 4) is 0 Å². The van der Waals surface area contributed by atoms with E-state index in [2.05, 4.69) is 28.7 Å². The lowest BCUT2D eigenvalue weighted by Gasteiger charge is -2.19. The van der Waals surface area contributed by atoms with E-state index < -0.39 is 10.0 Å². The van der Waals surface area contributed by atoms with Crippen molar-refractivity contribution in [1.82, 2.24) is 19.8 Å². The fourth-order valence-electron chi connectivity index (χ4n) is 1.65. The van der Waals surface area contributed by atoms with Crippen LogP contribution < -0.4 is 5.32 Å². The van der Waals surface area contributed by atoms with E-state index in [4.69, 9.17) is 0 Å². The molecule has 0 spiro atoms. The number of hydrogen-bond donors (Lipinski definition) is 2. The summed E-state index contributed by atoms with van der Waals surface area (Å²) in [7, 11) is -3.63. The third kappa shape index (κ3) is 4.03. The molecule has 1 aromatic rings. The van der Waals surface area contributed by atoms with Gasteiger partial charge in [-0.05, 0) is 0 Å². The van der Waals surface area contributed by atoms with Crippen LogP contribution in [-0.4, -0.2) is 42.1 Å². The van der Waals surface area contributed by atoms with Gasteiger partial charge in [0, 0.05) is 31.2 Å². The van der Waals surface area contributed by atoms with Crippen molar-refractivity contribution in [3.05, 3.63) is 37.1 Å². The van der Waals surface area contributed by atoms with Crippen molar-refractivity contribution < 1.29 is 8.42 Å². The first-order valence-corrected chi connectivity index (χ1v) is 7.85. The normalized spacial score (nSPS) is 12.0. The van der Waals surface area contributed by atoms with Crippen molar-refractivity contribution >= 4 is 10.0 Å². The predicted molar refractivity (Wildman–Crippen MR) is 79.7 cm³/mol. The molecule has 0 aliphatic heterocycles. The highest BCUT2D eigenvalue weighted by molar-refractivity contribution is 7.89. The standard InChI is InChI=1S/C13H22N4O2S/c1-5-7-17(8-6-2)20(18,19)13-12(10-15-16-13)9-14-11(3)4/h5-6,10-11,14H,1-2,7-9H2,3-4H3,(H,15,16). The number of sulfonamides is 1. The molecule has 6 nitrogen and oxygen atoms in total.